The number of likely N-dealkylation sites (tertiary alicyclic amines) is 1. The summed E-state index contributed by atoms with van der Waals surface area (Å²) >= 11 is 0. The van der Waals surface area contributed by atoms with Crippen molar-refractivity contribution in [3.05, 3.63) is 59.7 Å². The molecule has 1 aliphatic carbocycles. The number of amides is 2. The second kappa shape index (κ2) is 10.1. The highest BCUT2D eigenvalue weighted by Crippen LogP contribution is 2.44. The molecule has 35 heavy (non-hydrogen) atoms. The molecule has 4 rings (SSSR count). The summed E-state index contributed by atoms with van der Waals surface area (Å²) in [6.07, 6.45) is 0.0633. The number of nitrogens with zero attached hydrogens (tertiary/aromatic N) is 1. The molecule has 0 bridgehead atoms. The maximum absolute atomic E-state index is 13.3. The third-order valence-corrected chi connectivity index (χ3v) is 7.76. The molecule has 2 aromatic carbocycles. The van der Waals surface area contributed by atoms with E-state index >= 15 is 0 Å². The largest absolute Gasteiger partial charge is 0.481 e. The highest BCUT2D eigenvalue weighted by molar-refractivity contribution is 5.84. The molecule has 2 aliphatic rings. The van der Waals surface area contributed by atoms with Crippen LogP contribution in [0.1, 0.15) is 50.7 Å². The number of benzene rings is 2. The van der Waals surface area contributed by atoms with Crippen molar-refractivity contribution in [2.45, 2.75) is 39.5 Å². The first-order valence-electron chi connectivity index (χ1n) is 12.3. The van der Waals surface area contributed by atoms with Crippen molar-refractivity contribution in [3.8, 4) is 11.1 Å². The van der Waals surface area contributed by atoms with Gasteiger partial charge < -0.3 is 20.1 Å². The average molecular weight is 479 g/mol. The summed E-state index contributed by atoms with van der Waals surface area (Å²) in [5.41, 5.74) is 3.84. The van der Waals surface area contributed by atoms with Crippen LogP contribution < -0.4 is 5.32 Å². The maximum atomic E-state index is 13.3. The summed E-state index contributed by atoms with van der Waals surface area (Å²) in [7, 11) is 0. The normalized spacial score (nSPS) is 20.6. The van der Waals surface area contributed by atoms with Gasteiger partial charge >= 0.3 is 12.1 Å². The lowest BCUT2D eigenvalue weighted by molar-refractivity contribution is -0.141. The van der Waals surface area contributed by atoms with E-state index in [4.69, 9.17) is 9.84 Å². The molecule has 2 N–H and O–H groups in total. The molecule has 2 aromatic rings. The Labute approximate surface area is 206 Å². The standard InChI is InChI=1S/C28H34N2O5/c1-4-28(3,26(33)30-14-18(2)19(15-30)13-25(31)32)17-29-27(34)35-16-24-22-11-7-5-9-20(22)21-10-6-8-12-23(21)24/h5-12,18-19,24H,4,13-17H2,1-3H3,(H,29,34)(H,31,32)/t18-,19-,28?/m1/s1. The fourth-order valence-corrected chi connectivity index (χ4v) is 5.34. The zero-order chi connectivity index (χ0) is 25.2. The van der Waals surface area contributed by atoms with E-state index in [9.17, 15) is 14.4 Å². The Morgan fingerprint density at radius 2 is 1.66 bits per heavy atom. The van der Waals surface area contributed by atoms with Gasteiger partial charge in [0.05, 0.1) is 11.8 Å². The van der Waals surface area contributed by atoms with Crippen LogP contribution >= 0.6 is 0 Å². The van der Waals surface area contributed by atoms with Crippen LogP contribution in [-0.4, -0.2) is 54.2 Å². The Hall–Kier alpha value is -3.35. The van der Waals surface area contributed by atoms with Gasteiger partial charge in [0.25, 0.3) is 0 Å². The predicted octanol–water partition coefficient (Wildman–Crippen LogP) is 4.51. The van der Waals surface area contributed by atoms with Gasteiger partial charge in [-0.3, -0.25) is 9.59 Å². The lowest BCUT2D eigenvalue weighted by atomic mass is 9.85. The van der Waals surface area contributed by atoms with E-state index in [0.717, 1.165) is 11.1 Å². The molecule has 1 saturated heterocycles. The van der Waals surface area contributed by atoms with Gasteiger partial charge in [-0.15, -0.1) is 0 Å². The Balaban J connectivity index is 1.35. The molecule has 186 valence electrons. The van der Waals surface area contributed by atoms with Crippen molar-refractivity contribution in [3.63, 3.8) is 0 Å². The van der Waals surface area contributed by atoms with Crippen LogP contribution in [0.15, 0.2) is 48.5 Å². The number of hydrogen-bond donors (Lipinski definition) is 2. The third kappa shape index (κ3) is 5.04. The lowest BCUT2D eigenvalue weighted by Gasteiger charge is -2.32. The minimum absolute atomic E-state index is 0.0235. The van der Waals surface area contributed by atoms with E-state index in [1.807, 2.05) is 45.0 Å². The van der Waals surface area contributed by atoms with Gasteiger partial charge in [0.2, 0.25) is 5.91 Å². The summed E-state index contributed by atoms with van der Waals surface area (Å²) in [5.74, 6) is -0.839. The summed E-state index contributed by atoms with van der Waals surface area (Å²) in [5, 5.41) is 11.9. The van der Waals surface area contributed by atoms with Crippen LogP contribution in [0.5, 0.6) is 0 Å². The Morgan fingerprint density at radius 3 is 2.23 bits per heavy atom. The van der Waals surface area contributed by atoms with Crippen molar-refractivity contribution in [1.29, 1.82) is 0 Å². The fraction of sp³-hybridized carbons (Fsp3) is 0.464. The monoisotopic (exact) mass is 478 g/mol. The van der Waals surface area contributed by atoms with Gasteiger partial charge in [-0.1, -0.05) is 62.4 Å². The average Bonchev–Trinajstić information content (AvgIpc) is 3.37. The summed E-state index contributed by atoms with van der Waals surface area (Å²) in [6, 6.07) is 16.3. The first-order valence-corrected chi connectivity index (χ1v) is 12.3. The predicted molar refractivity (Wildman–Crippen MR) is 133 cm³/mol. The van der Waals surface area contributed by atoms with E-state index in [2.05, 4.69) is 29.6 Å². The number of carbonyl (C=O) groups excluding carboxylic acids is 2. The maximum Gasteiger partial charge on any atom is 0.407 e. The van der Waals surface area contributed by atoms with E-state index in [1.54, 1.807) is 4.90 Å². The molecule has 3 atom stereocenters. The first-order chi connectivity index (χ1) is 16.7. The molecule has 2 amide bonds. The molecular weight excluding hydrogens is 444 g/mol. The number of hydrogen-bond acceptors (Lipinski definition) is 4. The van der Waals surface area contributed by atoms with E-state index in [1.165, 1.54) is 11.1 Å². The van der Waals surface area contributed by atoms with Crippen molar-refractivity contribution in [1.82, 2.24) is 10.2 Å². The second-order valence-electron chi connectivity index (χ2n) is 10.1. The number of ether oxygens (including phenoxy) is 1. The summed E-state index contributed by atoms with van der Waals surface area (Å²) < 4.78 is 5.62. The quantitative estimate of drug-likeness (QED) is 0.582. The SMILES string of the molecule is CCC(C)(CNC(=O)OCC1c2ccccc2-c2ccccc21)C(=O)N1C[C@@H](CC(=O)O)[C@H](C)C1. The molecule has 0 spiro atoms. The number of rotatable bonds is 8. The number of fused-ring (bicyclic) bond motifs is 3. The minimum atomic E-state index is -0.841. The minimum Gasteiger partial charge on any atom is -0.481 e. The molecule has 1 fully saturated rings. The van der Waals surface area contributed by atoms with Crippen LogP contribution in [0.4, 0.5) is 4.79 Å². The van der Waals surface area contributed by atoms with Crippen LogP contribution in [0, 0.1) is 17.3 Å². The van der Waals surface area contributed by atoms with Gasteiger partial charge in [-0.25, -0.2) is 4.79 Å². The number of alkyl carbamates (subject to hydrolysis) is 1. The molecule has 1 aliphatic heterocycles. The zero-order valence-electron chi connectivity index (χ0n) is 20.6. The van der Waals surface area contributed by atoms with Crippen LogP contribution in [0.3, 0.4) is 0 Å². The van der Waals surface area contributed by atoms with Crippen molar-refractivity contribution in [2.75, 3.05) is 26.2 Å². The van der Waals surface area contributed by atoms with Gasteiger partial charge in [-0.2, -0.15) is 0 Å². The Morgan fingerprint density at radius 1 is 1.06 bits per heavy atom. The van der Waals surface area contributed by atoms with E-state index in [-0.39, 0.29) is 43.2 Å². The second-order valence-corrected chi connectivity index (χ2v) is 10.1. The fourth-order valence-electron chi connectivity index (χ4n) is 5.34. The van der Waals surface area contributed by atoms with Crippen LogP contribution in [-0.2, 0) is 14.3 Å². The summed E-state index contributed by atoms with van der Waals surface area (Å²) in [4.78, 5) is 38.8. The number of aliphatic carboxylic acids is 1. The van der Waals surface area contributed by atoms with Gasteiger partial charge in [0, 0.05) is 25.6 Å². The van der Waals surface area contributed by atoms with Crippen LogP contribution in [0.2, 0.25) is 0 Å². The van der Waals surface area contributed by atoms with Gasteiger partial charge in [0.15, 0.2) is 0 Å². The molecule has 1 unspecified atom stereocenters. The zero-order valence-corrected chi connectivity index (χ0v) is 20.6. The van der Waals surface area contributed by atoms with Crippen LogP contribution in [0.25, 0.3) is 11.1 Å². The Bertz CT molecular complexity index is 1070. The molecule has 1 heterocycles. The summed E-state index contributed by atoms with van der Waals surface area (Å²) in [6.45, 7) is 7.10. The van der Waals surface area contributed by atoms with Gasteiger partial charge in [-0.05, 0) is 47.4 Å². The van der Waals surface area contributed by atoms with Crippen molar-refractivity contribution >= 4 is 18.0 Å². The first kappa shape index (κ1) is 24.8. The molecule has 0 aromatic heterocycles. The van der Waals surface area contributed by atoms with E-state index in [0.29, 0.717) is 19.5 Å². The lowest BCUT2D eigenvalue weighted by Crippen LogP contribution is -2.48. The number of nitrogens with one attached hydrogen (secondary N) is 1. The highest BCUT2D eigenvalue weighted by Gasteiger charge is 2.41. The van der Waals surface area contributed by atoms with E-state index < -0.39 is 17.5 Å². The molecular formula is C28H34N2O5. The topological polar surface area (TPSA) is 95.9 Å². The van der Waals surface area contributed by atoms with Crippen molar-refractivity contribution < 1.29 is 24.2 Å². The molecule has 0 saturated carbocycles. The smallest absolute Gasteiger partial charge is 0.407 e. The molecule has 7 heteroatoms. The third-order valence-electron chi connectivity index (χ3n) is 7.76. The molecule has 0 radical (unpaired) electrons. The van der Waals surface area contributed by atoms with Gasteiger partial charge in [0.1, 0.15) is 6.61 Å². The van der Waals surface area contributed by atoms with Crippen molar-refractivity contribution in [2.24, 2.45) is 17.3 Å². The number of carboxylic acid groups (broad SMARTS) is 1. The number of carboxylic acids is 1. The Kier molecular flexibility index (Phi) is 7.15. The molecule has 7 nitrogen and oxygen atoms in total. The highest BCUT2D eigenvalue weighted by atomic mass is 16.5. The number of carbonyl (C=O) groups is 3.